The zero-order valence-electron chi connectivity index (χ0n) is 36.6. The van der Waals surface area contributed by atoms with Gasteiger partial charge in [0, 0.05) is 59.6 Å². The van der Waals surface area contributed by atoms with Crippen molar-refractivity contribution in [1.29, 1.82) is 5.26 Å². The van der Waals surface area contributed by atoms with Crippen LogP contribution in [0, 0.1) is 25.2 Å². The number of thioether (sulfide) groups is 1. The van der Waals surface area contributed by atoms with Gasteiger partial charge in [0.1, 0.15) is 18.4 Å². The summed E-state index contributed by atoms with van der Waals surface area (Å²) in [6.07, 6.45) is 7.89. The summed E-state index contributed by atoms with van der Waals surface area (Å²) < 4.78 is 37.1. The number of phenolic OH excluding ortho intramolecular Hbond substituents is 2. The standard InChI is InChI=1S/C48H56N4O10S/c1-7-9-10-11-12-13-35(54)62-43-26(4)44-45(61-24-60-44)37-32-22-59-47(56)48(29-20-34(57-5)33(53)19-27(29)14-15-50-48)23-63-46(38(37)43)40-39-36-28(17-25(3)42(58-6)41(36)55)18-30(51(39)16-8-2)31(21-49)52(32)40/h8,17,19-20,30-32,39-40,46,50,53,55H,2,7,9-16,18,22-24H2,1,3-6H3/t30-,31+,32+,39-,40?,46-,48-/m1/s1. The normalized spacial score (nSPS) is 26.7. The maximum Gasteiger partial charge on any atom is 0.331 e. The molecule has 1 spiro atoms. The molecule has 0 saturated carbocycles. The van der Waals surface area contributed by atoms with Crippen molar-refractivity contribution in [1.82, 2.24) is 15.1 Å². The second-order valence-corrected chi connectivity index (χ2v) is 18.6. The van der Waals surface area contributed by atoms with E-state index in [9.17, 15) is 25.1 Å². The molecule has 3 N–H and O–H groups in total. The molecule has 7 atom stereocenters. The van der Waals surface area contributed by atoms with Crippen LogP contribution in [0.4, 0.5) is 0 Å². The summed E-state index contributed by atoms with van der Waals surface area (Å²) in [5.41, 5.74) is 4.42. The number of ether oxygens (including phenoxy) is 6. The number of methoxy groups -OCH3 is 2. The van der Waals surface area contributed by atoms with E-state index < -0.39 is 40.9 Å². The summed E-state index contributed by atoms with van der Waals surface area (Å²) >= 11 is 1.50. The summed E-state index contributed by atoms with van der Waals surface area (Å²) in [5, 5.41) is 37.6. The largest absolute Gasteiger partial charge is 0.504 e. The van der Waals surface area contributed by atoms with Crippen LogP contribution in [-0.2, 0) is 32.7 Å². The Balaban J connectivity index is 1.30. The quantitative estimate of drug-likeness (QED) is 0.0787. The molecule has 15 heteroatoms. The first-order chi connectivity index (χ1) is 30.5. The fourth-order valence-electron chi connectivity index (χ4n) is 11.3. The summed E-state index contributed by atoms with van der Waals surface area (Å²) in [6.45, 7) is 10.7. The zero-order valence-corrected chi connectivity index (χ0v) is 37.4. The molecule has 10 rings (SSSR count). The van der Waals surface area contributed by atoms with Crippen LogP contribution in [0.25, 0.3) is 0 Å². The number of fused-ring (bicyclic) bond motifs is 9. The number of carbonyl (C=O) groups is 2. The molecule has 2 saturated heterocycles. The predicted octanol–water partition coefficient (Wildman–Crippen LogP) is 6.88. The molecule has 2 fully saturated rings. The van der Waals surface area contributed by atoms with Crippen LogP contribution in [0.1, 0.15) is 107 Å². The lowest BCUT2D eigenvalue weighted by molar-refractivity contribution is -0.157. The Labute approximate surface area is 372 Å². The van der Waals surface area contributed by atoms with Crippen molar-refractivity contribution >= 4 is 23.7 Å². The average molecular weight is 881 g/mol. The number of nitriles is 1. The lowest BCUT2D eigenvalue weighted by atomic mass is 9.71. The molecule has 63 heavy (non-hydrogen) atoms. The molecule has 334 valence electrons. The minimum atomic E-state index is -1.39. The van der Waals surface area contributed by atoms with Crippen molar-refractivity contribution in [3.63, 3.8) is 0 Å². The first kappa shape index (κ1) is 43.1. The smallest absolute Gasteiger partial charge is 0.331 e. The number of rotatable bonds is 11. The third kappa shape index (κ3) is 6.78. The van der Waals surface area contributed by atoms with Gasteiger partial charge < -0.3 is 38.6 Å². The number of carbonyl (C=O) groups excluding carboxylic acids is 2. The molecule has 4 bridgehead atoms. The number of piperazine rings is 1. The fourth-order valence-corrected chi connectivity index (χ4v) is 13.0. The van der Waals surface area contributed by atoms with Gasteiger partial charge in [-0.15, -0.1) is 18.3 Å². The Morgan fingerprint density at radius 1 is 1.05 bits per heavy atom. The van der Waals surface area contributed by atoms with Crippen LogP contribution in [-0.4, -0.2) is 96.5 Å². The molecule has 3 aromatic carbocycles. The molecule has 0 aromatic heterocycles. The van der Waals surface area contributed by atoms with E-state index in [1.165, 1.54) is 18.9 Å². The molecule has 1 unspecified atom stereocenters. The van der Waals surface area contributed by atoms with Gasteiger partial charge in [0.25, 0.3) is 0 Å². The van der Waals surface area contributed by atoms with Crippen LogP contribution in [0.2, 0.25) is 0 Å². The zero-order chi connectivity index (χ0) is 44.3. The monoisotopic (exact) mass is 880 g/mol. The van der Waals surface area contributed by atoms with Crippen molar-refractivity contribution in [3.05, 3.63) is 75.4 Å². The lowest BCUT2D eigenvalue weighted by Crippen LogP contribution is -2.70. The Hall–Kier alpha value is -5.14. The van der Waals surface area contributed by atoms with E-state index in [0.717, 1.165) is 42.4 Å². The number of aromatic hydroxyl groups is 2. The van der Waals surface area contributed by atoms with E-state index in [-0.39, 0.29) is 54.8 Å². The van der Waals surface area contributed by atoms with Gasteiger partial charge in [-0.1, -0.05) is 44.7 Å². The first-order valence-corrected chi connectivity index (χ1v) is 23.1. The number of esters is 2. The Kier molecular flexibility index (Phi) is 11.7. The van der Waals surface area contributed by atoms with Gasteiger partial charge in [0.2, 0.25) is 6.79 Å². The highest BCUT2D eigenvalue weighted by molar-refractivity contribution is 7.99. The van der Waals surface area contributed by atoms with E-state index in [2.05, 4.69) is 40.8 Å². The van der Waals surface area contributed by atoms with E-state index in [4.69, 9.17) is 28.4 Å². The number of benzene rings is 3. The van der Waals surface area contributed by atoms with Gasteiger partial charge in [-0.25, -0.2) is 4.79 Å². The molecule has 0 aliphatic carbocycles. The molecule has 7 heterocycles. The molecule has 3 aromatic rings. The maximum absolute atomic E-state index is 15.0. The predicted molar refractivity (Wildman–Crippen MR) is 235 cm³/mol. The van der Waals surface area contributed by atoms with Crippen molar-refractivity contribution in [2.24, 2.45) is 0 Å². The first-order valence-electron chi connectivity index (χ1n) is 22.1. The molecular formula is C48H56N4O10S. The molecular weight excluding hydrogens is 825 g/mol. The lowest BCUT2D eigenvalue weighted by Gasteiger charge is -2.62. The second kappa shape index (κ2) is 17.1. The number of unbranched alkanes of at least 4 members (excludes halogenated alkanes) is 4. The molecule has 0 amide bonds. The highest BCUT2D eigenvalue weighted by atomic mass is 32.2. The maximum atomic E-state index is 15.0. The van der Waals surface area contributed by atoms with Crippen LogP contribution in [0.15, 0.2) is 30.9 Å². The van der Waals surface area contributed by atoms with Crippen LogP contribution >= 0.6 is 11.8 Å². The Morgan fingerprint density at radius 2 is 1.84 bits per heavy atom. The number of nitrogens with zero attached hydrogens (tertiary/aromatic N) is 3. The van der Waals surface area contributed by atoms with Gasteiger partial charge in [-0.05, 0) is 67.5 Å². The van der Waals surface area contributed by atoms with Crippen molar-refractivity contribution in [2.75, 3.05) is 46.5 Å². The van der Waals surface area contributed by atoms with E-state index >= 15 is 0 Å². The summed E-state index contributed by atoms with van der Waals surface area (Å²) in [4.78, 5) is 33.5. The number of nitrogens with one attached hydrogen (secondary N) is 1. The highest BCUT2D eigenvalue weighted by Gasteiger charge is 2.62. The van der Waals surface area contributed by atoms with Crippen molar-refractivity contribution in [2.45, 2.75) is 113 Å². The van der Waals surface area contributed by atoms with Crippen LogP contribution in [0.3, 0.4) is 0 Å². The summed E-state index contributed by atoms with van der Waals surface area (Å²) in [5.74, 6) is 1.16. The second-order valence-electron chi connectivity index (χ2n) is 17.5. The van der Waals surface area contributed by atoms with Gasteiger partial charge in [-0.2, -0.15) is 5.26 Å². The molecule has 14 nitrogen and oxygen atoms in total. The van der Waals surface area contributed by atoms with Crippen LogP contribution < -0.4 is 29.0 Å². The number of aryl methyl sites for hydroxylation is 1. The molecule has 7 aliphatic heterocycles. The van der Waals surface area contributed by atoms with Crippen molar-refractivity contribution < 1.29 is 48.2 Å². The Morgan fingerprint density at radius 3 is 2.59 bits per heavy atom. The topological polar surface area (TPSA) is 172 Å². The van der Waals surface area contributed by atoms with E-state index in [1.54, 1.807) is 19.2 Å². The third-order valence-electron chi connectivity index (χ3n) is 14.1. The SMILES string of the molecule is C=CCN1[C@@H]2c3c(cc(C)c(OC)c3O)C[C@@H]1[C@H](C#N)N1C2[C@@H]2SC[C@]3(NCCc4cc(O)c(OC)cc43)C(=O)OC[C@H]1c1c3c(c(C)c(OC(=O)CCCCCCC)c12)OCO3. The average Bonchev–Trinajstić information content (AvgIpc) is 3.76. The van der Waals surface area contributed by atoms with Crippen LogP contribution in [0.5, 0.6) is 40.2 Å². The fraction of sp³-hybridized carbons (Fsp3) is 0.521. The summed E-state index contributed by atoms with van der Waals surface area (Å²) in [6, 6.07) is 5.15. The third-order valence-corrected chi connectivity index (χ3v) is 15.5. The van der Waals surface area contributed by atoms with E-state index in [0.29, 0.717) is 83.2 Å². The Bertz CT molecular complexity index is 2400. The van der Waals surface area contributed by atoms with Gasteiger partial charge >= 0.3 is 11.9 Å². The van der Waals surface area contributed by atoms with Crippen molar-refractivity contribution in [3.8, 4) is 46.3 Å². The van der Waals surface area contributed by atoms with E-state index in [1.807, 2.05) is 19.9 Å². The number of phenols is 2. The minimum Gasteiger partial charge on any atom is -0.504 e. The molecule has 0 radical (unpaired) electrons. The van der Waals surface area contributed by atoms with Gasteiger partial charge in [-0.3, -0.25) is 19.9 Å². The van der Waals surface area contributed by atoms with Gasteiger partial charge in [0.15, 0.2) is 40.0 Å². The van der Waals surface area contributed by atoms with Gasteiger partial charge in [0.05, 0.1) is 37.6 Å². The molecule has 7 aliphatic rings. The highest BCUT2D eigenvalue weighted by Crippen LogP contribution is 2.65. The summed E-state index contributed by atoms with van der Waals surface area (Å²) in [7, 11) is 3.02. The number of hydrogen-bond acceptors (Lipinski definition) is 15. The minimum absolute atomic E-state index is 0.0239. The number of hydrogen-bond donors (Lipinski definition) is 3.